The molecule has 74 valence electrons. The highest BCUT2D eigenvalue weighted by atomic mass is 35.5. The van der Waals surface area contributed by atoms with Crippen molar-refractivity contribution in [3.05, 3.63) is 22.7 Å². The van der Waals surface area contributed by atoms with E-state index in [0.29, 0.717) is 22.7 Å². The molecule has 0 aliphatic heterocycles. The molecule has 0 amide bonds. The molecule has 2 aromatic heterocycles. The van der Waals surface area contributed by atoms with Crippen molar-refractivity contribution < 1.29 is 0 Å². The Labute approximate surface area is 86.9 Å². The average Bonchev–Trinajstić information content (AvgIpc) is 2.45. The maximum absolute atomic E-state index is 6.04. The zero-order valence-corrected chi connectivity index (χ0v) is 9.08. The number of nitrogens with zero attached hydrogens (tertiary/aromatic N) is 4. The molecule has 4 nitrogen and oxygen atoms in total. The van der Waals surface area contributed by atoms with Gasteiger partial charge in [-0.2, -0.15) is 9.50 Å². The molecule has 0 bridgehead atoms. The molecular formula is C9H11ClN4. The quantitative estimate of drug-likeness (QED) is 0.678. The molecule has 0 fully saturated rings. The Balaban J connectivity index is 2.71. The van der Waals surface area contributed by atoms with Gasteiger partial charge in [0.25, 0.3) is 5.78 Å². The molecule has 0 aromatic carbocycles. The first-order valence-corrected chi connectivity index (χ1v) is 4.85. The monoisotopic (exact) mass is 210 g/mol. The number of aromatic nitrogens is 4. The summed E-state index contributed by atoms with van der Waals surface area (Å²) in [6.07, 6.45) is 0. The van der Waals surface area contributed by atoms with Gasteiger partial charge in [-0.05, 0) is 18.9 Å². The summed E-state index contributed by atoms with van der Waals surface area (Å²) in [4.78, 5) is 8.53. The Morgan fingerprint density at radius 1 is 1.36 bits per heavy atom. The van der Waals surface area contributed by atoms with E-state index >= 15 is 0 Å². The van der Waals surface area contributed by atoms with Crippen LogP contribution in [-0.4, -0.2) is 19.6 Å². The molecule has 0 aliphatic rings. The van der Waals surface area contributed by atoms with Crippen LogP contribution in [0.5, 0.6) is 0 Å². The van der Waals surface area contributed by atoms with E-state index in [2.05, 4.69) is 28.9 Å². The smallest absolute Gasteiger partial charge is 0.216 e. The first-order chi connectivity index (χ1) is 6.58. The van der Waals surface area contributed by atoms with E-state index in [1.54, 1.807) is 4.52 Å². The van der Waals surface area contributed by atoms with Crippen molar-refractivity contribution in [3.63, 3.8) is 0 Å². The van der Waals surface area contributed by atoms with Gasteiger partial charge in [0.05, 0.1) is 5.69 Å². The number of hydrogen-bond donors (Lipinski definition) is 0. The Bertz CT molecular complexity index is 475. The molecule has 0 radical (unpaired) electrons. The molecule has 2 rings (SSSR count). The molecule has 0 aliphatic carbocycles. The lowest BCUT2D eigenvalue weighted by molar-refractivity contribution is 0.806. The van der Waals surface area contributed by atoms with Gasteiger partial charge >= 0.3 is 0 Å². The second-order valence-corrected chi connectivity index (χ2v) is 3.92. The van der Waals surface area contributed by atoms with Crippen LogP contribution < -0.4 is 0 Å². The van der Waals surface area contributed by atoms with Crippen LogP contribution in [0.2, 0.25) is 5.15 Å². The van der Waals surface area contributed by atoms with Crippen LogP contribution in [0.15, 0.2) is 6.07 Å². The van der Waals surface area contributed by atoms with Crippen LogP contribution in [0.25, 0.3) is 5.78 Å². The highest BCUT2D eigenvalue weighted by molar-refractivity contribution is 6.29. The van der Waals surface area contributed by atoms with Crippen LogP contribution in [-0.2, 0) is 0 Å². The predicted molar refractivity (Wildman–Crippen MR) is 54.6 cm³/mol. The number of fused-ring (bicyclic) bond motifs is 1. The van der Waals surface area contributed by atoms with Gasteiger partial charge in [-0.25, -0.2) is 4.98 Å². The van der Waals surface area contributed by atoms with E-state index in [-0.39, 0.29) is 0 Å². The zero-order chi connectivity index (χ0) is 10.3. The number of halogens is 1. The lowest BCUT2D eigenvalue weighted by atomic mass is 10.1. The summed E-state index contributed by atoms with van der Waals surface area (Å²) in [5.74, 6) is 1.59. The summed E-state index contributed by atoms with van der Waals surface area (Å²) in [5, 5.41) is 4.68. The minimum Gasteiger partial charge on any atom is -0.216 e. The standard InChI is InChI=1S/C9H11ClN4/c1-5(2)7-4-8(10)14-9(12-7)11-6(3)13-14/h4-5H,1-3H3. The summed E-state index contributed by atoms with van der Waals surface area (Å²) < 4.78 is 1.54. The van der Waals surface area contributed by atoms with Crippen molar-refractivity contribution in [1.29, 1.82) is 0 Å². The van der Waals surface area contributed by atoms with E-state index in [9.17, 15) is 0 Å². The van der Waals surface area contributed by atoms with Gasteiger partial charge in [0.2, 0.25) is 0 Å². The van der Waals surface area contributed by atoms with Crippen molar-refractivity contribution in [3.8, 4) is 0 Å². The third-order valence-corrected chi connectivity index (χ3v) is 2.26. The summed E-state index contributed by atoms with van der Waals surface area (Å²) in [6, 6.07) is 1.83. The molecule has 14 heavy (non-hydrogen) atoms. The molecule has 0 atom stereocenters. The number of rotatable bonds is 1. The van der Waals surface area contributed by atoms with Crippen molar-refractivity contribution >= 4 is 17.4 Å². The van der Waals surface area contributed by atoms with Gasteiger partial charge < -0.3 is 0 Å². The lowest BCUT2D eigenvalue weighted by Gasteiger charge is -2.04. The Hall–Kier alpha value is -1.16. The Morgan fingerprint density at radius 3 is 2.71 bits per heavy atom. The Morgan fingerprint density at radius 2 is 2.07 bits per heavy atom. The van der Waals surface area contributed by atoms with Crippen LogP contribution in [0.4, 0.5) is 0 Å². The summed E-state index contributed by atoms with van der Waals surface area (Å²) in [5.41, 5.74) is 0.940. The van der Waals surface area contributed by atoms with Crippen LogP contribution >= 0.6 is 11.6 Å². The predicted octanol–water partition coefficient (Wildman–Crippen LogP) is 2.21. The largest absolute Gasteiger partial charge is 0.254 e. The van der Waals surface area contributed by atoms with Gasteiger partial charge in [0, 0.05) is 0 Å². The summed E-state index contributed by atoms with van der Waals surface area (Å²) in [7, 11) is 0. The van der Waals surface area contributed by atoms with Crippen molar-refractivity contribution in [2.75, 3.05) is 0 Å². The van der Waals surface area contributed by atoms with E-state index in [0.717, 1.165) is 5.69 Å². The van der Waals surface area contributed by atoms with Crippen molar-refractivity contribution in [2.24, 2.45) is 0 Å². The molecule has 0 N–H and O–H groups in total. The lowest BCUT2D eigenvalue weighted by Crippen LogP contribution is -1.99. The second-order valence-electron chi connectivity index (χ2n) is 3.53. The second kappa shape index (κ2) is 3.20. The number of hydrogen-bond acceptors (Lipinski definition) is 3. The van der Waals surface area contributed by atoms with E-state index in [1.165, 1.54) is 0 Å². The maximum atomic E-state index is 6.04. The third kappa shape index (κ3) is 1.46. The number of aryl methyl sites for hydroxylation is 1. The van der Waals surface area contributed by atoms with E-state index in [1.807, 2.05) is 13.0 Å². The fourth-order valence-corrected chi connectivity index (χ4v) is 1.47. The highest BCUT2D eigenvalue weighted by Crippen LogP contribution is 2.17. The van der Waals surface area contributed by atoms with Crippen LogP contribution in [0.3, 0.4) is 0 Å². The first-order valence-electron chi connectivity index (χ1n) is 4.47. The van der Waals surface area contributed by atoms with Gasteiger partial charge in [-0.1, -0.05) is 25.4 Å². The molecule has 0 saturated heterocycles. The Kier molecular flexibility index (Phi) is 2.15. The zero-order valence-electron chi connectivity index (χ0n) is 8.32. The topological polar surface area (TPSA) is 43.1 Å². The third-order valence-electron chi connectivity index (χ3n) is 1.99. The van der Waals surface area contributed by atoms with Crippen LogP contribution in [0.1, 0.15) is 31.3 Å². The fourth-order valence-electron chi connectivity index (χ4n) is 1.25. The normalized spacial score (nSPS) is 11.5. The molecular weight excluding hydrogens is 200 g/mol. The van der Waals surface area contributed by atoms with Crippen molar-refractivity contribution in [1.82, 2.24) is 19.6 Å². The molecule has 5 heteroatoms. The van der Waals surface area contributed by atoms with Gasteiger partial charge in [0.1, 0.15) is 11.0 Å². The molecule has 0 unspecified atom stereocenters. The average molecular weight is 211 g/mol. The minimum absolute atomic E-state index is 0.342. The maximum Gasteiger partial charge on any atom is 0.254 e. The summed E-state index contributed by atoms with van der Waals surface area (Å²) >= 11 is 6.04. The van der Waals surface area contributed by atoms with E-state index < -0.39 is 0 Å². The molecule has 2 heterocycles. The van der Waals surface area contributed by atoms with E-state index in [4.69, 9.17) is 11.6 Å². The van der Waals surface area contributed by atoms with Gasteiger partial charge in [-0.15, -0.1) is 5.10 Å². The van der Waals surface area contributed by atoms with Gasteiger partial charge in [-0.3, -0.25) is 0 Å². The first kappa shape index (κ1) is 9.40. The van der Waals surface area contributed by atoms with Crippen molar-refractivity contribution in [2.45, 2.75) is 26.7 Å². The van der Waals surface area contributed by atoms with Gasteiger partial charge in [0.15, 0.2) is 0 Å². The fraction of sp³-hybridized carbons (Fsp3) is 0.444. The molecule has 0 spiro atoms. The minimum atomic E-state index is 0.342. The summed E-state index contributed by atoms with van der Waals surface area (Å²) in [6.45, 7) is 5.96. The molecule has 0 saturated carbocycles. The molecule has 2 aromatic rings. The van der Waals surface area contributed by atoms with Crippen LogP contribution in [0, 0.1) is 6.92 Å². The highest BCUT2D eigenvalue weighted by Gasteiger charge is 2.09. The SMILES string of the molecule is Cc1nc2nc(C(C)C)cc(Cl)n2n1.